The summed E-state index contributed by atoms with van der Waals surface area (Å²) in [6.07, 6.45) is 5.62. The van der Waals surface area contributed by atoms with Gasteiger partial charge < -0.3 is 14.6 Å². The first-order valence-electron chi connectivity index (χ1n) is 10.8. The first kappa shape index (κ1) is 22.9. The Labute approximate surface area is 183 Å². The number of carbonyl (C=O) groups is 2. The average Bonchev–Trinajstić information content (AvgIpc) is 2.72. The molecule has 0 amide bonds. The fraction of sp³-hybridized carbons (Fsp3) is 0.480. The molecule has 1 heterocycles. The number of esters is 2. The van der Waals surface area contributed by atoms with E-state index < -0.39 is 17.1 Å². The molecule has 1 saturated carbocycles. The number of hydrogen-bond donors (Lipinski definition) is 1. The highest BCUT2D eigenvalue weighted by atomic mass is 16.5. The molecule has 0 bridgehead atoms. The summed E-state index contributed by atoms with van der Waals surface area (Å²) in [6, 6.07) is 9.72. The van der Waals surface area contributed by atoms with Crippen LogP contribution < -0.4 is 0 Å². The standard InChI is InChI=1S/C25H31NO5/c1-5-30-23(28)25(14-12-24(4,29)13-15-25)11-10-19-6-7-20-8-9-21(26-22(20)16-19)17(2)31-18(3)27/h6-11,16-17,29H,5,12-15H2,1-4H3. The fourth-order valence-electron chi connectivity index (χ4n) is 3.99. The van der Waals surface area contributed by atoms with Gasteiger partial charge in [0, 0.05) is 12.3 Å². The van der Waals surface area contributed by atoms with E-state index in [1.807, 2.05) is 49.4 Å². The van der Waals surface area contributed by atoms with Crippen LogP contribution in [0.4, 0.5) is 0 Å². The smallest absolute Gasteiger partial charge is 0.315 e. The molecule has 1 N–H and O–H groups in total. The van der Waals surface area contributed by atoms with Crippen LogP contribution in [0.25, 0.3) is 17.0 Å². The Morgan fingerprint density at radius 3 is 2.52 bits per heavy atom. The molecule has 0 spiro atoms. The van der Waals surface area contributed by atoms with E-state index in [1.165, 1.54) is 6.92 Å². The predicted molar refractivity (Wildman–Crippen MR) is 119 cm³/mol. The number of rotatable bonds is 6. The quantitative estimate of drug-likeness (QED) is 0.673. The van der Waals surface area contributed by atoms with Gasteiger partial charge in [0.2, 0.25) is 0 Å². The molecule has 1 aliphatic rings. The molecule has 0 saturated heterocycles. The van der Waals surface area contributed by atoms with Gasteiger partial charge >= 0.3 is 11.9 Å². The minimum absolute atomic E-state index is 0.238. The van der Waals surface area contributed by atoms with Crippen molar-refractivity contribution in [3.8, 4) is 0 Å². The lowest BCUT2D eigenvalue weighted by molar-refractivity contribution is -0.156. The second-order valence-electron chi connectivity index (χ2n) is 8.65. The van der Waals surface area contributed by atoms with E-state index in [0.29, 0.717) is 38.0 Å². The predicted octanol–water partition coefficient (Wildman–Crippen LogP) is 4.75. The van der Waals surface area contributed by atoms with Gasteiger partial charge in [0.1, 0.15) is 6.10 Å². The molecule has 1 fully saturated rings. The van der Waals surface area contributed by atoms with Gasteiger partial charge in [0.15, 0.2) is 0 Å². The van der Waals surface area contributed by atoms with Crippen LogP contribution in [0, 0.1) is 5.41 Å². The number of hydrogen-bond acceptors (Lipinski definition) is 6. The topological polar surface area (TPSA) is 85.7 Å². The first-order valence-corrected chi connectivity index (χ1v) is 10.8. The number of aromatic nitrogens is 1. The minimum atomic E-state index is -0.744. The molecule has 1 atom stereocenters. The minimum Gasteiger partial charge on any atom is -0.465 e. The van der Waals surface area contributed by atoms with Crippen LogP contribution in [0.5, 0.6) is 0 Å². The maximum atomic E-state index is 12.8. The van der Waals surface area contributed by atoms with E-state index in [4.69, 9.17) is 9.47 Å². The second kappa shape index (κ2) is 9.18. The van der Waals surface area contributed by atoms with Gasteiger partial charge in [0.05, 0.1) is 28.8 Å². The van der Waals surface area contributed by atoms with E-state index in [2.05, 4.69) is 4.98 Å². The zero-order valence-corrected chi connectivity index (χ0v) is 18.7. The van der Waals surface area contributed by atoms with Gasteiger partial charge in [-0.3, -0.25) is 9.59 Å². The Morgan fingerprint density at radius 1 is 1.19 bits per heavy atom. The van der Waals surface area contributed by atoms with Crippen molar-refractivity contribution in [2.75, 3.05) is 6.61 Å². The van der Waals surface area contributed by atoms with Crippen LogP contribution in [0.1, 0.15) is 70.7 Å². The van der Waals surface area contributed by atoms with Gasteiger partial charge in [-0.05, 0) is 64.2 Å². The Balaban J connectivity index is 1.88. The maximum Gasteiger partial charge on any atom is 0.315 e. The Bertz CT molecular complexity index is 985. The summed E-state index contributed by atoms with van der Waals surface area (Å²) < 4.78 is 10.6. The summed E-state index contributed by atoms with van der Waals surface area (Å²) in [5, 5.41) is 11.3. The Morgan fingerprint density at radius 2 is 1.87 bits per heavy atom. The Kier molecular flexibility index (Phi) is 6.80. The molecular formula is C25H31NO5. The molecular weight excluding hydrogens is 394 g/mol. The van der Waals surface area contributed by atoms with Gasteiger partial charge in [-0.1, -0.05) is 30.4 Å². The van der Waals surface area contributed by atoms with Crippen LogP contribution in [0.15, 0.2) is 36.4 Å². The molecule has 6 nitrogen and oxygen atoms in total. The third-order valence-corrected chi connectivity index (χ3v) is 5.99. The monoisotopic (exact) mass is 425 g/mol. The number of pyridine rings is 1. The van der Waals surface area contributed by atoms with E-state index in [1.54, 1.807) is 13.8 Å². The number of ether oxygens (including phenoxy) is 2. The van der Waals surface area contributed by atoms with Crippen molar-refractivity contribution in [1.82, 2.24) is 4.98 Å². The van der Waals surface area contributed by atoms with Crippen molar-refractivity contribution >= 4 is 28.9 Å². The number of benzene rings is 1. The van der Waals surface area contributed by atoms with Crippen molar-refractivity contribution in [1.29, 1.82) is 0 Å². The summed E-state index contributed by atoms with van der Waals surface area (Å²) in [6.45, 7) is 7.12. The van der Waals surface area contributed by atoms with E-state index in [0.717, 1.165) is 16.5 Å². The SMILES string of the molecule is CCOC(=O)C1(C=Cc2ccc3ccc(C(C)OC(C)=O)nc3c2)CCC(C)(O)CC1. The summed E-state index contributed by atoms with van der Waals surface area (Å²) in [7, 11) is 0. The number of aliphatic hydroxyl groups is 1. The van der Waals surface area contributed by atoms with Gasteiger partial charge in [-0.2, -0.15) is 0 Å². The van der Waals surface area contributed by atoms with E-state index in [9.17, 15) is 14.7 Å². The molecule has 31 heavy (non-hydrogen) atoms. The number of fused-ring (bicyclic) bond motifs is 1. The van der Waals surface area contributed by atoms with Gasteiger partial charge in [0.25, 0.3) is 0 Å². The maximum absolute atomic E-state index is 12.8. The summed E-state index contributed by atoms with van der Waals surface area (Å²) in [5.74, 6) is -0.583. The molecule has 1 aromatic heterocycles. The molecule has 1 aliphatic carbocycles. The molecule has 166 valence electrons. The Hall–Kier alpha value is -2.73. The number of nitrogens with zero attached hydrogens (tertiary/aromatic N) is 1. The van der Waals surface area contributed by atoms with Crippen LogP contribution >= 0.6 is 0 Å². The fourth-order valence-corrected chi connectivity index (χ4v) is 3.99. The number of carbonyl (C=O) groups excluding carboxylic acids is 2. The molecule has 0 aliphatic heterocycles. The zero-order chi connectivity index (χ0) is 22.6. The summed E-state index contributed by atoms with van der Waals surface area (Å²) in [5.41, 5.74) is 0.910. The molecule has 3 rings (SSSR count). The molecule has 0 radical (unpaired) electrons. The lowest BCUT2D eigenvalue weighted by Gasteiger charge is -2.39. The van der Waals surface area contributed by atoms with E-state index in [-0.39, 0.29) is 11.9 Å². The lowest BCUT2D eigenvalue weighted by Crippen LogP contribution is -2.41. The van der Waals surface area contributed by atoms with Crippen LogP contribution in [0.3, 0.4) is 0 Å². The third kappa shape index (κ3) is 5.50. The van der Waals surface area contributed by atoms with Crippen LogP contribution in [-0.2, 0) is 19.1 Å². The highest BCUT2D eigenvalue weighted by molar-refractivity contribution is 5.83. The first-order chi connectivity index (χ1) is 14.6. The highest BCUT2D eigenvalue weighted by Gasteiger charge is 2.44. The van der Waals surface area contributed by atoms with Crippen molar-refractivity contribution in [2.24, 2.45) is 5.41 Å². The summed E-state index contributed by atoms with van der Waals surface area (Å²) >= 11 is 0. The van der Waals surface area contributed by atoms with E-state index >= 15 is 0 Å². The normalized spacial score (nSPS) is 24.8. The second-order valence-corrected chi connectivity index (χ2v) is 8.65. The zero-order valence-electron chi connectivity index (χ0n) is 18.7. The van der Waals surface area contributed by atoms with Gasteiger partial charge in [-0.15, -0.1) is 0 Å². The van der Waals surface area contributed by atoms with Crippen LogP contribution in [-0.4, -0.2) is 34.2 Å². The lowest BCUT2D eigenvalue weighted by atomic mass is 9.69. The molecule has 2 aromatic rings. The summed E-state index contributed by atoms with van der Waals surface area (Å²) in [4.78, 5) is 28.7. The van der Waals surface area contributed by atoms with Crippen molar-refractivity contribution in [3.05, 3.63) is 47.7 Å². The van der Waals surface area contributed by atoms with Crippen molar-refractivity contribution < 1.29 is 24.2 Å². The average molecular weight is 426 g/mol. The molecule has 1 aromatic carbocycles. The molecule has 1 unspecified atom stereocenters. The van der Waals surface area contributed by atoms with Crippen LogP contribution in [0.2, 0.25) is 0 Å². The molecule has 6 heteroatoms. The largest absolute Gasteiger partial charge is 0.465 e. The van der Waals surface area contributed by atoms with Gasteiger partial charge in [-0.25, -0.2) is 4.98 Å². The highest BCUT2D eigenvalue weighted by Crippen LogP contribution is 2.43. The third-order valence-electron chi connectivity index (χ3n) is 5.99. The van der Waals surface area contributed by atoms with Crippen molar-refractivity contribution in [2.45, 2.75) is 65.1 Å². The van der Waals surface area contributed by atoms with Crippen molar-refractivity contribution in [3.63, 3.8) is 0 Å².